The van der Waals surface area contributed by atoms with E-state index in [1.165, 1.54) is 36.5 Å². The highest BCUT2D eigenvalue weighted by Gasteiger charge is 2.36. The van der Waals surface area contributed by atoms with E-state index >= 15 is 0 Å². The number of nitrogens with one attached hydrogen (secondary N) is 1. The first kappa shape index (κ1) is 15.6. The van der Waals surface area contributed by atoms with Crippen molar-refractivity contribution in [1.82, 2.24) is 10.2 Å². The Bertz CT molecular complexity index is 723. The molecule has 1 N–H and O–H groups in total. The van der Waals surface area contributed by atoms with Crippen molar-refractivity contribution in [1.29, 1.82) is 0 Å². The fourth-order valence-corrected chi connectivity index (χ4v) is 4.32. The van der Waals surface area contributed by atoms with Crippen molar-refractivity contribution in [2.75, 3.05) is 26.2 Å². The molecule has 2 aliphatic heterocycles. The number of hydrogen-bond acceptors (Lipinski definition) is 2. The average Bonchev–Trinajstić information content (AvgIpc) is 2.63. The first-order valence-electron chi connectivity index (χ1n) is 9.20. The topological polar surface area (TPSA) is 32.3 Å². The van der Waals surface area contributed by atoms with Gasteiger partial charge in [0.05, 0.1) is 6.42 Å². The summed E-state index contributed by atoms with van der Waals surface area (Å²) in [5.41, 5.74) is 1.63. The van der Waals surface area contributed by atoms with Gasteiger partial charge in [-0.2, -0.15) is 0 Å². The average molecular weight is 322 g/mol. The maximum Gasteiger partial charge on any atom is 0.226 e. The number of hydrogen-bond donors (Lipinski definition) is 1. The van der Waals surface area contributed by atoms with Crippen LogP contribution >= 0.6 is 0 Å². The Morgan fingerprint density at radius 1 is 0.958 bits per heavy atom. The lowest BCUT2D eigenvalue weighted by molar-refractivity contribution is -0.133. The predicted molar refractivity (Wildman–Crippen MR) is 98.0 cm³/mol. The summed E-state index contributed by atoms with van der Waals surface area (Å²) in [6, 6.07) is 14.7. The van der Waals surface area contributed by atoms with E-state index in [9.17, 15) is 4.79 Å². The molecule has 2 fully saturated rings. The molecular weight excluding hydrogens is 296 g/mol. The van der Waals surface area contributed by atoms with Gasteiger partial charge in [-0.05, 0) is 60.5 Å². The zero-order valence-corrected chi connectivity index (χ0v) is 14.3. The van der Waals surface area contributed by atoms with Gasteiger partial charge in [0.25, 0.3) is 0 Å². The van der Waals surface area contributed by atoms with Crippen molar-refractivity contribution >= 4 is 16.7 Å². The fourth-order valence-electron chi connectivity index (χ4n) is 4.32. The second-order valence-electron chi connectivity index (χ2n) is 7.49. The van der Waals surface area contributed by atoms with Gasteiger partial charge >= 0.3 is 0 Å². The third-order valence-corrected chi connectivity index (χ3v) is 6.01. The number of amides is 1. The van der Waals surface area contributed by atoms with Gasteiger partial charge in [-0.1, -0.05) is 42.5 Å². The first-order valence-corrected chi connectivity index (χ1v) is 9.20. The summed E-state index contributed by atoms with van der Waals surface area (Å²) < 4.78 is 0. The number of fused-ring (bicyclic) bond motifs is 1. The molecule has 0 aliphatic carbocycles. The molecule has 126 valence electrons. The summed E-state index contributed by atoms with van der Waals surface area (Å²) in [4.78, 5) is 14.8. The summed E-state index contributed by atoms with van der Waals surface area (Å²) in [6.07, 6.45) is 5.44. The highest BCUT2D eigenvalue weighted by Crippen LogP contribution is 2.39. The van der Waals surface area contributed by atoms with E-state index in [0.717, 1.165) is 31.7 Å². The van der Waals surface area contributed by atoms with Crippen molar-refractivity contribution in [2.24, 2.45) is 5.41 Å². The molecule has 3 heteroatoms. The summed E-state index contributed by atoms with van der Waals surface area (Å²) in [5, 5.41) is 5.91. The van der Waals surface area contributed by atoms with Gasteiger partial charge < -0.3 is 10.2 Å². The van der Waals surface area contributed by atoms with E-state index in [-0.39, 0.29) is 5.91 Å². The minimum Gasteiger partial charge on any atom is -0.342 e. The van der Waals surface area contributed by atoms with Crippen LogP contribution in [0.25, 0.3) is 10.8 Å². The summed E-state index contributed by atoms with van der Waals surface area (Å²) in [6.45, 7) is 4.16. The predicted octanol–water partition coefficient (Wildman–Crippen LogP) is 3.37. The van der Waals surface area contributed by atoms with Gasteiger partial charge in [0.15, 0.2) is 0 Å². The molecular formula is C21H26N2O. The van der Waals surface area contributed by atoms with Crippen LogP contribution in [-0.4, -0.2) is 37.0 Å². The first-order chi connectivity index (χ1) is 11.7. The van der Waals surface area contributed by atoms with E-state index in [1.54, 1.807) is 0 Å². The number of carbonyl (C=O) groups is 1. The number of nitrogens with zero attached hydrogens (tertiary/aromatic N) is 1. The Balaban J connectivity index is 1.39. The maximum absolute atomic E-state index is 12.7. The van der Waals surface area contributed by atoms with Crippen LogP contribution in [0.5, 0.6) is 0 Å². The van der Waals surface area contributed by atoms with Crippen molar-refractivity contribution in [3.8, 4) is 0 Å². The second kappa shape index (κ2) is 6.56. The minimum absolute atomic E-state index is 0.286. The number of piperidine rings is 2. The molecule has 2 aromatic rings. The molecule has 24 heavy (non-hydrogen) atoms. The normalized spacial score (nSPS) is 20.4. The molecule has 2 heterocycles. The Morgan fingerprint density at radius 3 is 2.42 bits per heavy atom. The quantitative estimate of drug-likeness (QED) is 0.919. The van der Waals surface area contributed by atoms with Crippen LogP contribution in [0, 0.1) is 5.41 Å². The standard InChI is InChI=1S/C21H26N2O/c24-20(16-17-5-6-18-3-1-2-4-19(18)15-17)23-13-9-21(10-14-23)7-11-22-12-8-21/h1-6,15,22H,7-14,16H2. The lowest BCUT2D eigenvalue weighted by Gasteiger charge is -2.44. The third kappa shape index (κ3) is 3.18. The van der Waals surface area contributed by atoms with E-state index in [2.05, 4.69) is 52.7 Å². The third-order valence-electron chi connectivity index (χ3n) is 6.01. The van der Waals surface area contributed by atoms with Crippen LogP contribution in [0.3, 0.4) is 0 Å². The molecule has 2 saturated heterocycles. The Labute approximate surface area is 144 Å². The van der Waals surface area contributed by atoms with Crippen LogP contribution in [0.4, 0.5) is 0 Å². The lowest BCUT2D eigenvalue weighted by atomic mass is 9.71. The number of likely N-dealkylation sites (tertiary alicyclic amines) is 1. The molecule has 0 aromatic heterocycles. The van der Waals surface area contributed by atoms with Crippen molar-refractivity contribution in [2.45, 2.75) is 32.1 Å². The van der Waals surface area contributed by atoms with Gasteiger partial charge in [-0.25, -0.2) is 0 Å². The van der Waals surface area contributed by atoms with Gasteiger partial charge in [0.2, 0.25) is 5.91 Å². The molecule has 0 bridgehead atoms. The molecule has 1 amide bonds. The number of rotatable bonds is 2. The summed E-state index contributed by atoms with van der Waals surface area (Å²) >= 11 is 0. The second-order valence-corrected chi connectivity index (χ2v) is 7.49. The van der Waals surface area contributed by atoms with Crippen LogP contribution in [0.2, 0.25) is 0 Å². The van der Waals surface area contributed by atoms with Crippen LogP contribution < -0.4 is 5.32 Å². The van der Waals surface area contributed by atoms with Gasteiger partial charge in [-0.15, -0.1) is 0 Å². The molecule has 0 radical (unpaired) electrons. The molecule has 0 unspecified atom stereocenters. The summed E-state index contributed by atoms with van der Waals surface area (Å²) in [7, 11) is 0. The molecule has 2 aliphatic rings. The van der Waals surface area contributed by atoms with Crippen LogP contribution in [0.15, 0.2) is 42.5 Å². The highest BCUT2D eigenvalue weighted by molar-refractivity contribution is 5.85. The van der Waals surface area contributed by atoms with Crippen LogP contribution in [0.1, 0.15) is 31.2 Å². The zero-order chi connectivity index (χ0) is 16.4. The minimum atomic E-state index is 0.286. The molecule has 4 rings (SSSR count). The van der Waals surface area contributed by atoms with Crippen molar-refractivity contribution < 1.29 is 4.79 Å². The Kier molecular flexibility index (Phi) is 4.28. The Hall–Kier alpha value is -1.87. The van der Waals surface area contributed by atoms with E-state index in [0.29, 0.717) is 11.8 Å². The zero-order valence-electron chi connectivity index (χ0n) is 14.3. The van der Waals surface area contributed by atoms with Gasteiger partial charge in [-0.3, -0.25) is 4.79 Å². The number of carbonyl (C=O) groups excluding carboxylic acids is 1. The molecule has 0 saturated carbocycles. The smallest absolute Gasteiger partial charge is 0.226 e. The molecule has 0 atom stereocenters. The van der Waals surface area contributed by atoms with Gasteiger partial charge in [0.1, 0.15) is 0 Å². The van der Waals surface area contributed by atoms with Gasteiger partial charge in [0, 0.05) is 13.1 Å². The SMILES string of the molecule is O=C(Cc1ccc2ccccc2c1)N1CCC2(CCNCC2)CC1. The molecule has 1 spiro atoms. The largest absolute Gasteiger partial charge is 0.342 e. The highest BCUT2D eigenvalue weighted by atomic mass is 16.2. The lowest BCUT2D eigenvalue weighted by Crippen LogP contribution is -2.47. The van der Waals surface area contributed by atoms with E-state index in [4.69, 9.17) is 0 Å². The maximum atomic E-state index is 12.7. The Morgan fingerprint density at radius 2 is 1.67 bits per heavy atom. The summed E-state index contributed by atoms with van der Waals surface area (Å²) in [5.74, 6) is 0.286. The van der Waals surface area contributed by atoms with Crippen LogP contribution in [-0.2, 0) is 11.2 Å². The molecule has 2 aromatic carbocycles. The number of benzene rings is 2. The fraction of sp³-hybridized carbons (Fsp3) is 0.476. The monoisotopic (exact) mass is 322 g/mol. The van der Waals surface area contributed by atoms with E-state index < -0.39 is 0 Å². The van der Waals surface area contributed by atoms with E-state index in [1.807, 2.05) is 0 Å². The molecule has 3 nitrogen and oxygen atoms in total. The van der Waals surface area contributed by atoms with Crippen molar-refractivity contribution in [3.63, 3.8) is 0 Å². The van der Waals surface area contributed by atoms with Crippen molar-refractivity contribution in [3.05, 3.63) is 48.0 Å².